The number of halogens is 2. The van der Waals surface area contributed by atoms with E-state index < -0.39 is 10.0 Å². The van der Waals surface area contributed by atoms with Crippen LogP contribution in [0.4, 0.5) is 0 Å². The Hall–Kier alpha value is -0.860. The second-order valence-electron chi connectivity index (χ2n) is 7.42. The van der Waals surface area contributed by atoms with Gasteiger partial charge in [-0.25, -0.2) is 8.42 Å². The van der Waals surface area contributed by atoms with Gasteiger partial charge in [-0.2, -0.15) is 4.31 Å². The summed E-state index contributed by atoms with van der Waals surface area (Å²) < 4.78 is 32.4. The lowest BCUT2D eigenvalue weighted by atomic mass is 9.96. The van der Waals surface area contributed by atoms with Crippen LogP contribution in [-0.4, -0.2) is 63.4 Å². The first-order chi connectivity index (χ1) is 13.2. The van der Waals surface area contributed by atoms with Crippen LogP contribution in [-0.2, 0) is 19.6 Å². The third-order valence-corrected chi connectivity index (χ3v) is 7.39. The molecule has 2 rings (SSSR count). The van der Waals surface area contributed by atoms with Crippen molar-refractivity contribution >= 4 is 39.1 Å². The second kappa shape index (κ2) is 10.3. The van der Waals surface area contributed by atoms with Crippen LogP contribution in [0.25, 0.3) is 0 Å². The number of hydrogen-bond acceptors (Lipinski definition) is 4. The van der Waals surface area contributed by atoms with Crippen molar-refractivity contribution in [3.05, 3.63) is 28.2 Å². The predicted molar refractivity (Wildman–Crippen MR) is 111 cm³/mol. The van der Waals surface area contributed by atoms with E-state index in [1.807, 2.05) is 4.90 Å². The molecular weight excluding hydrogens is 423 g/mol. The molecule has 0 saturated carbocycles. The molecule has 0 radical (unpaired) electrons. The fourth-order valence-electron chi connectivity index (χ4n) is 3.35. The van der Waals surface area contributed by atoms with Crippen LogP contribution >= 0.6 is 23.2 Å². The SMILES string of the molecule is COCCN(CC(C)C)C(=O)C1CCN(S(=O)(=O)c2cc(Cl)ccc2Cl)CC1. The number of ether oxygens (including phenoxy) is 1. The first-order valence-corrected chi connectivity index (χ1v) is 11.6. The fourth-order valence-corrected chi connectivity index (χ4v) is 5.56. The van der Waals surface area contributed by atoms with Gasteiger partial charge in [-0.1, -0.05) is 37.0 Å². The first-order valence-electron chi connectivity index (χ1n) is 9.39. The summed E-state index contributed by atoms with van der Waals surface area (Å²) in [5.41, 5.74) is 0. The maximum absolute atomic E-state index is 12.9. The molecule has 28 heavy (non-hydrogen) atoms. The second-order valence-corrected chi connectivity index (χ2v) is 10.2. The van der Waals surface area contributed by atoms with Gasteiger partial charge in [0.25, 0.3) is 0 Å². The Labute approximate surface area is 177 Å². The molecule has 1 fully saturated rings. The molecule has 0 aliphatic carbocycles. The lowest BCUT2D eigenvalue weighted by molar-refractivity contribution is -0.138. The number of methoxy groups -OCH3 is 1. The number of carbonyl (C=O) groups excluding carboxylic acids is 1. The maximum Gasteiger partial charge on any atom is 0.244 e. The first kappa shape index (κ1) is 23.4. The van der Waals surface area contributed by atoms with E-state index in [4.69, 9.17) is 27.9 Å². The van der Waals surface area contributed by atoms with Crippen molar-refractivity contribution in [2.24, 2.45) is 11.8 Å². The number of amides is 1. The van der Waals surface area contributed by atoms with Crippen molar-refractivity contribution in [2.45, 2.75) is 31.6 Å². The van der Waals surface area contributed by atoms with E-state index in [9.17, 15) is 13.2 Å². The Morgan fingerprint density at radius 2 is 1.93 bits per heavy atom. The molecule has 1 aromatic rings. The van der Waals surface area contributed by atoms with Crippen LogP contribution in [0, 0.1) is 11.8 Å². The molecule has 0 atom stereocenters. The van der Waals surface area contributed by atoms with Gasteiger partial charge in [-0.3, -0.25) is 4.79 Å². The number of nitrogens with zero attached hydrogens (tertiary/aromatic N) is 2. The largest absolute Gasteiger partial charge is 0.383 e. The standard InChI is InChI=1S/C19H28Cl2N2O4S/c1-14(2)13-22(10-11-27-3)19(24)15-6-8-23(9-7-15)28(25,26)18-12-16(20)4-5-17(18)21/h4-5,12,14-15H,6-11,13H2,1-3H3. The minimum atomic E-state index is -3.75. The Bertz CT molecular complexity index is 778. The number of piperidine rings is 1. The molecule has 1 saturated heterocycles. The number of carbonyl (C=O) groups is 1. The summed E-state index contributed by atoms with van der Waals surface area (Å²) in [5.74, 6) is 0.242. The average Bonchev–Trinajstić information content (AvgIpc) is 2.66. The summed E-state index contributed by atoms with van der Waals surface area (Å²) in [6.07, 6.45) is 0.968. The van der Waals surface area contributed by atoms with E-state index in [2.05, 4.69) is 13.8 Å². The zero-order valence-corrected chi connectivity index (χ0v) is 18.9. The van der Waals surface area contributed by atoms with Gasteiger partial charge >= 0.3 is 0 Å². The lowest BCUT2D eigenvalue weighted by Gasteiger charge is -2.34. The highest BCUT2D eigenvalue weighted by molar-refractivity contribution is 7.89. The van der Waals surface area contributed by atoms with Crippen LogP contribution in [0.1, 0.15) is 26.7 Å². The van der Waals surface area contributed by atoms with E-state index in [-0.39, 0.29) is 34.8 Å². The molecule has 0 N–H and O–H groups in total. The van der Waals surface area contributed by atoms with Crippen LogP contribution < -0.4 is 0 Å². The predicted octanol–water partition coefficient (Wildman–Crippen LogP) is 3.53. The number of sulfonamides is 1. The average molecular weight is 451 g/mol. The molecule has 1 amide bonds. The van der Waals surface area contributed by atoms with Crippen LogP contribution in [0.5, 0.6) is 0 Å². The monoisotopic (exact) mass is 450 g/mol. The van der Waals surface area contributed by atoms with Crippen molar-refractivity contribution in [3.63, 3.8) is 0 Å². The Balaban J connectivity index is 2.06. The Morgan fingerprint density at radius 1 is 1.29 bits per heavy atom. The summed E-state index contributed by atoms with van der Waals surface area (Å²) in [6.45, 7) is 6.39. The zero-order valence-electron chi connectivity index (χ0n) is 16.5. The van der Waals surface area contributed by atoms with Gasteiger partial charge in [0.15, 0.2) is 0 Å². The number of rotatable bonds is 8. The topological polar surface area (TPSA) is 66.9 Å². The van der Waals surface area contributed by atoms with E-state index >= 15 is 0 Å². The van der Waals surface area contributed by atoms with Crippen molar-refractivity contribution in [1.29, 1.82) is 0 Å². The zero-order chi connectivity index (χ0) is 20.9. The Morgan fingerprint density at radius 3 is 2.50 bits per heavy atom. The molecule has 0 unspecified atom stereocenters. The van der Waals surface area contributed by atoms with Gasteiger partial charge in [-0.15, -0.1) is 0 Å². The van der Waals surface area contributed by atoms with Crippen LogP contribution in [0.2, 0.25) is 10.0 Å². The summed E-state index contributed by atoms with van der Waals surface area (Å²) in [6, 6.07) is 4.40. The minimum absolute atomic E-state index is 0.00738. The molecule has 1 heterocycles. The highest BCUT2D eigenvalue weighted by Gasteiger charge is 2.34. The molecule has 0 bridgehead atoms. The normalized spacial score (nSPS) is 16.5. The highest BCUT2D eigenvalue weighted by atomic mass is 35.5. The third kappa shape index (κ3) is 5.83. The summed E-state index contributed by atoms with van der Waals surface area (Å²) in [4.78, 5) is 14.8. The highest BCUT2D eigenvalue weighted by Crippen LogP contribution is 2.30. The number of benzene rings is 1. The van der Waals surface area contributed by atoms with Gasteiger partial charge in [0.2, 0.25) is 15.9 Å². The molecule has 9 heteroatoms. The molecule has 0 spiro atoms. The van der Waals surface area contributed by atoms with Gasteiger partial charge in [0.05, 0.1) is 11.6 Å². The molecule has 6 nitrogen and oxygen atoms in total. The van der Waals surface area contributed by atoms with Crippen LogP contribution in [0.15, 0.2) is 23.1 Å². The fraction of sp³-hybridized carbons (Fsp3) is 0.632. The molecule has 1 aliphatic rings. The van der Waals surface area contributed by atoms with E-state index in [1.54, 1.807) is 13.2 Å². The van der Waals surface area contributed by atoms with Gasteiger partial charge in [0, 0.05) is 44.2 Å². The van der Waals surface area contributed by atoms with Gasteiger partial charge < -0.3 is 9.64 Å². The van der Waals surface area contributed by atoms with E-state index in [0.29, 0.717) is 43.5 Å². The third-order valence-electron chi connectivity index (χ3n) is 4.78. The lowest BCUT2D eigenvalue weighted by Crippen LogP contribution is -2.46. The summed E-state index contributed by atoms with van der Waals surface area (Å²) in [7, 11) is -2.13. The number of hydrogen-bond donors (Lipinski definition) is 0. The summed E-state index contributed by atoms with van der Waals surface area (Å²) in [5, 5.41) is 0.459. The smallest absolute Gasteiger partial charge is 0.244 e. The van der Waals surface area contributed by atoms with Crippen molar-refractivity contribution in [3.8, 4) is 0 Å². The van der Waals surface area contributed by atoms with Crippen molar-refractivity contribution < 1.29 is 17.9 Å². The van der Waals surface area contributed by atoms with Crippen molar-refractivity contribution in [1.82, 2.24) is 9.21 Å². The minimum Gasteiger partial charge on any atom is -0.383 e. The summed E-state index contributed by atoms with van der Waals surface area (Å²) >= 11 is 12.0. The molecular formula is C19H28Cl2N2O4S. The van der Waals surface area contributed by atoms with Crippen molar-refractivity contribution in [2.75, 3.05) is 39.9 Å². The van der Waals surface area contributed by atoms with Crippen LogP contribution in [0.3, 0.4) is 0 Å². The molecule has 0 aromatic heterocycles. The molecule has 158 valence electrons. The molecule has 1 aliphatic heterocycles. The van der Waals surface area contributed by atoms with Gasteiger partial charge in [0.1, 0.15) is 4.90 Å². The molecule has 1 aromatic carbocycles. The quantitative estimate of drug-likeness (QED) is 0.607. The maximum atomic E-state index is 12.9. The van der Waals surface area contributed by atoms with Gasteiger partial charge in [-0.05, 0) is 37.0 Å². The van der Waals surface area contributed by atoms with E-state index in [0.717, 1.165) is 0 Å². The van der Waals surface area contributed by atoms with E-state index in [1.165, 1.54) is 16.4 Å². The Kier molecular flexibility index (Phi) is 8.58.